The molecule has 1 heteroatoms. The molecule has 0 aromatic heterocycles. The van der Waals surface area contributed by atoms with Crippen molar-refractivity contribution in [1.82, 2.24) is 5.32 Å². The van der Waals surface area contributed by atoms with Gasteiger partial charge in [0.1, 0.15) is 0 Å². The maximum atomic E-state index is 5.35. The quantitative estimate of drug-likeness (QED) is 0.677. The van der Waals surface area contributed by atoms with Crippen LogP contribution in [0.15, 0.2) is 0 Å². The van der Waals surface area contributed by atoms with Crippen LogP contribution in [0.5, 0.6) is 0 Å². The van der Waals surface area contributed by atoms with E-state index in [2.05, 4.69) is 25.1 Å². The summed E-state index contributed by atoms with van der Waals surface area (Å²) in [5.74, 6) is 3.65. The molecular weight excluding hydrogens is 170 g/mol. The van der Waals surface area contributed by atoms with E-state index in [0.29, 0.717) is 6.04 Å². The van der Waals surface area contributed by atoms with E-state index in [4.69, 9.17) is 6.42 Å². The van der Waals surface area contributed by atoms with Gasteiger partial charge in [-0.2, -0.15) is 0 Å². The molecule has 0 aliphatic heterocycles. The normalized spacial score (nSPS) is 29.5. The fraction of sp³-hybridized carbons (Fsp3) is 0.846. The number of nitrogens with one attached hydrogen (secondary N) is 1. The predicted octanol–water partition coefficient (Wildman–Crippen LogP) is 2.96. The van der Waals surface area contributed by atoms with Crippen molar-refractivity contribution < 1.29 is 0 Å². The van der Waals surface area contributed by atoms with Crippen LogP contribution in [0, 0.1) is 18.3 Å². The fourth-order valence-electron chi connectivity index (χ4n) is 2.38. The Kier molecular flexibility index (Phi) is 5.04. The van der Waals surface area contributed by atoms with Crippen molar-refractivity contribution in [2.75, 3.05) is 0 Å². The third-order valence-corrected chi connectivity index (χ3v) is 3.26. The highest BCUT2D eigenvalue weighted by Crippen LogP contribution is 2.24. The standard InChI is InChI=1S/C13H23N/c1-4-7-12(5-2)14-13-9-6-8-11(3)10-13/h1,11-14H,5-10H2,2-3H3. The highest BCUT2D eigenvalue weighted by molar-refractivity contribution is 4.91. The molecule has 1 rings (SSSR count). The largest absolute Gasteiger partial charge is 0.310 e. The summed E-state index contributed by atoms with van der Waals surface area (Å²) in [5, 5.41) is 3.69. The highest BCUT2D eigenvalue weighted by atomic mass is 14.9. The van der Waals surface area contributed by atoms with E-state index < -0.39 is 0 Å². The molecule has 0 heterocycles. The summed E-state index contributed by atoms with van der Waals surface area (Å²) in [5.41, 5.74) is 0. The molecule has 0 amide bonds. The van der Waals surface area contributed by atoms with Gasteiger partial charge in [0, 0.05) is 18.5 Å². The summed E-state index contributed by atoms with van der Waals surface area (Å²) < 4.78 is 0. The lowest BCUT2D eigenvalue weighted by atomic mass is 9.86. The summed E-state index contributed by atoms with van der Waals surface area (Å²) in [7, 11) is 0. The summed E-state index contributed by atoms with van der Waals surface area (Å²) in [6, 6.07) is 1.26. The molecule has 1 aliphatic rings. The zero-order valence-corrected chi connectivity index (χ0v) is 9.55. The molecule has 80 valence electrons. The van der Waals surface area contributed by atoms with E-state index in [1.807, 2.05) is 0 Å². The molecule has 1 saturated carbocycles. The minimum absolute atomic E-state index is 0.537. The Morgan fingerprint density at radius 2 is 2.29 bits per heavy atom. The molecular formula is C13H23N. The highest BCUT2D eigenvalue weighted by Gasteiger charge is 2.20. The molecule has 0 saturated heterocycles. The van der Waals surface area contributed by atoms with Gasteiger partial charge in [0.05, 0.1) is 0 Å². The smallest absolute Gasteiger partial charge is 0.0240 e. The van der Waals surface area contributed by atoms with Crippen molar-refractivity contribution in [3.8, 4) is 12.3 Å². The van der Waals surface area contributed by atoms with E-state index in [-0.39, 0.29) is 0 Å². The van der Waals surface area contributed by atoms with Gasteiger partial charge in [0.25, 0.3) is 0 Å². The molecule has 1 nitrogen and oxygen atoms in total. The van der Waals surface area contributed by atoms with Crippen molar-refractivity contribution in [2.24, 2.45) is 5.92 Å². The summed E-state index contributed by atoms with van der Waals surface area (Å²) in [4.78, 5) is 0. The lowest BCUT2D eigenvalue weighted by molar-refractivity contribution is 0.278. The lowest BCUT2D eigenvalue weighted by Gasteiger charge is -2.30. The van der Waals surface area contributed by atoms with Gasteiger partial charge in [-0.3, -0.25) is 0 Å². The van der Waals surface area contributed by atoms with E-state index in [1.54, 1.807) is 0 Å². The van der Waals surface area contributed by atoms with E-state index in [1.165, 1.54) is 25.7 Å². The molecule has 0 bridgehead atoms. The maximum Gasteiger partial charge on any atom is 0.0240 e. The van der Waals surface area contributed by atoms with Crippen molar-refractivity contribution in [2.45, 2.75) is 64.5 Å². The monoisotopic (exact) mass is 193 g/mol. The van der Waals surface area contributed by atoms with Gasteiger partial charge in [-0.25, -0.2) is 0 Å². The minimum Gasteiger partial charge on any atom is -0.310 e. The van der Waals surface area contributed by atoms with Gasteiger partial charge in [0.2, 0.25) is 0 Å². The third kappa shape index (κ3) is 3.72. The minimum atomic E-state index is 0.537. The Morgan fingerprint density at radius 3 is 2.86 bits per heavy atom. The number of hydrogen-bond acceptors (Lipinski definition) is 1. The van der Waals surface area contributed by atoms with Crippen LogP contribution < -0.4 is 5.32 Å². The first-order chi connectivity index (χ1) is 6.76. The van der Waals surface area contributed by atoms with Crippen LogP contribution in [-0.2, 0) is 0 Å². The number of terminal acetylenes is 1. The first-order valence-corrected chi connectivity index (χ1v) is 5.95. The molecule has 0 aromatic rings. The van der Waals surface area contributed by atoms with Crippen molar-refractivity contribution in [3.63, 3.8) is 0 Å². The van der Waals surface area contributed by atoms with Gasteiger partial charge in [-0.1, -0.05) is 26.7 Å². The zero-order chi connectivity index (χ0) is 10.4. The molecule has 3 unspecified atom stereocenters. The van der Waals surface area contributed by atoms with Gasteiger partial charge in [-0.15, -0.1) is 12.3 Å². The lowest BCUT2D eigenvalue weighted by Crippen LogP contribution is -2.40. The van der Waals surface area contributed by atoms with Gasteiger partial charge >= 0.3 is 0 Å². The predicted molar refractivity (Wildman–Crippen MR) is 62.1 cm³/mol. The molecule has 0 aromatic carbocycles. The van der Waals surface area contributed by atoms with E-state index >= 15 is 0 Å². The third-order valence-electron chi connectivity index (χ3n) is 3.26. The molecule has 0 radical (unpaired) electrons. The van der Waals surface area contributed by atoms with E-state index in [9.17, 15) is 0 Å². The fourth-order valence-corrected chi connectivity index (χ4v) is 2.38. The maximum absolute atomic E-state index is 5.35. The zero-order valence-electron chi connectivity index (χ0n) is 9.55. The molecule has 0 spiro atoms. The van der Waals surface area contributed by atoms with Crippen LogP contribution in [0.25, 0.3) is 0 Å². The van der Waals surface area contributed by atoms with Crippen LogP contribution in [-0.4, -0.2) is 12.1 Å². The van der Waals surface area contributed by atoms with Crippen molar-refractivity contribution in [1.29, 1.82) is 0 Å². The number of hydrogen-bond donors (Lipinski definition) is 1. The summed E-state index contributed by atoms with van der Waals surface area (Å²) >= 11 is 0. The van der Waals surface area contributed by atoms with Crippen LogP contribution in [0.1, 0.15) is 52.4 Å². The van der Waals surface area contributed by atoms with Crippen LogP contribution in [0.4, 0.5) is 0 Å². The second-order valence-electron chi connectivity index (χ2n) is 4.65. The topological polar surface area (TPSA) is 12.0 Å². The van der Waals surface area contributed by atoms with E-state index in [0.717, 1.165) is 24.8 Å². The van der Waals surface area contributed by atoms with Gasteiger partial charge in [-0.05, 0) is 25.2 Å². The Hall–Kier alpha value is -0.480. The first-order valence-electron chi connectivity index (χ1n) is 5.95. The molecule has 3 atom stereocenters. The van der Waals surface area contributed by atoms with Crippen molar-refractivity contribution in [3.05, 3.63) is 0 Å². The van der Waals surface area contributed by atoms with Gasteiger partial charge in [0.15, 0.2) is 0 Å². The number of rotatable bonds is 4. The average Bonchev–Trinajstić information content (AvgIpc) is 2.17. The SMILES string of the molecule is C#CCC(CC)NC1CCCC(C)C1. The average molecular weight is 193 g/mol. The van der Waals surface area contributed by atoms with Crippen LogP contribution in [0.3, 0.4) is 0 Å². The Bertz CT molecular complexity index is 192. The van der Waals surface area contributed by atoms with Gasteiger partial charge < -0.3 is 5.32 Å². The molecule has 1 N–H and O–H groups in total. The molecule has 1 aliphatic carbocycles. The summed E-state index contributed by atoms with van der Waals surface area (Å²) in [6.45, 7) is 4.57. The van der Waals surface area contributed by atoms with Crippen LogP contribution >= 0.6 is 0 Å². The van der Waals surface area contributed by atoms with Crippen molar-refractivity contribution >= 4 is 0 Å². The molecule has 14 heavy (non-hydrogen) atoms. The Labute approximate surface area is 88.7 Å². The Morgan fingerprint density at radius 1 is 1.50 bits per heavy atom. The first kappa shape index (κ1) is 11.6. The Balaban J connectivity index is 2.30. The molecule has 1 fully saturated rings. The summed E-state index contributed by atoms with van der Waals surface area (Å²) in [6.07, 6.45) is 12.8. The van der Waals surface area contributed by atoms with Crippen LogP contribution in [0.2, 0.25) is 0 Å². The second kappa shape index (κ2) is 6.09. The second-order valence-corrected chi connectivity index (χ2v) is 4.65.